The lowest BCUT2D eigenvalue weighted by atomic mass is 10.2. The molecule has 0 amide bonds. The van der Waals surface area contributed by atoms with Gasteiger partial charge in [0.15, 0.2) is 0 Å². The molecular weight excluding hydrogens is 146 g/mol. The average Bonchev–Trinajstić information content (AvgIpc) is 2.10. The van der Waals surface area contributed by atoms with Crippen molar-refractivity contribution in [1.29, 1.82) is 5.26 Å². The maximum Gasteiger partial charge on any atom is 0.0621 e. The Morgan fingerprint density at radius 2 is 1.75 bits per heavy atom. The first-order valence-electron chi connectivity index (χ1n) is 4.93. The quantitative estimate of drug-likeness (QED) is 0.415. The minimum atomic E-state index is 0.694. The van der Waals surface area contributed by atoms with E-state index in [1.54, 1.807) is 0 Å². The van der Waals surface area contributed by atoms with Gasteiger partial charge in [0.2, 0.25) is 0 Å². The van der Waals surface area contributed by atoms with Crippen LogP contribution in [-0.4, -0.2) is 0 Å². The van der Waals surface area contributed by atoms with Crippen LogP contribution < -0.4 is 0 Å². The third kappa shape index (κ3) is 9.23. The summed E-state index contributed by atoms with van der Waals surface area (Å²) < 4.78 is 0. The fourth-order valence-electron chi connectivity index (χ4n) is 1.05. The van der Waals surface area contributed by atoms with Crippen molar-refractivity contribution in [3.8, 4) is 6.07 Å². The lowest BCUT2D eigenvalue weighted by Crippen LogP contribution is -1.72. The summed E-state index contributed by atoms with van der Waals surface area (Å²) in [6.07, 6.45) is 12.4. The van der Waals surface area contributed by atoms with E-state index in [2.05, 4.69) is 25.1 Å². The van der Waals surface area contributed by atoms with Gasteiger partial charge < -0.3 is 0 Å². The maximum atomic E-state index is 8.26. The zero-order chi connectivity index (χ0) is 9.07. The number of nitriles is 1. The Morgan fingerprint density at radius 1 is 1.08 bits per heavy atom. The van der Waals surface area contributed by atoms with Crippen LogP contribution in [0.25, 0.3) is 0 Å². The van der Waals surface area contributed by atoms with Crippen molar-refractivity contribution in [1.82, 2.24) is 0 Å². The first kappa shape index (κ1) is 11.2. The molecule has 0 heterocycles. The summed E-state index contributed by atoms with van der Waals surface area (Å²) in [6, 6.07) is 2.15. The Hall–Kier alpha value is -0.770. The van der Waals surface area contributed by atoms with Crippen LogP contribution in [0.5, 0.6) is 0 Å². The van der Waals surface area contributed by atoms with Crippen molar-refractivity contribution in [2.24, 2.45) is 0 Å². The summed E-state index contributed by atoms with van der Waals surface area (Å²) in [5, 5.41) is 8.26. The summed E-state index contributed by atoms with van der Waals surface area (Å²) >= 11 is 0. The maximum absolute atomic E-state index is 8.26. The van der Waals surface area contributed by atoms with Crippen LogP contribution in [0.2, 0.25) is 0 Å². The number of hydrogen-bond donors (Lipinski definition) is 0. The Morgan fingerprint density at radius 3 is 2.33 bits per heavy atom. The van der Waals surface area contributed by atoms with Crippen molar-refractivity contribution in [3.63, 3.8) is 0 Å². The molecule has 1 heteroatoms. The highest BCUT2D eigenvalue weighted by molar-refractivity contribution is 4.82. The van der Waals surface area contributed by atoms with Crippen LogP contribution >= 0.6 is 0 Å². The zero-order valence-electron chi connectivity index (χ0n) is 8.05. The molecule has 0 aromatic heterocycles. The Balaban J connectivity index is 2.99. The van der Waals surface area contributed by atoms with Crippen LogP contribution in [0, 0.1) is 11.3 Å². The number of nitrogens with zero attached hydrogens (tertiary/aromatic N) is 1. The summed E-state index contributed by atoms with van der Waals surface area (Å²) in [7, 11) is 0. The first-order chi connectivity index (χ1) is 5.91. The van der Waals surface area contributed by atoms with Crippen molar-refractivity contribution >= 4 is 0 Å². The molecule has 0 bridgehead atoms. The molecule has 0 N–H and O–H groups in total. The van der Waals surface area contributed by atoms with Crippen molar-refractivity contribution in [3.05, 3.63) is 12.2 Å². The van der Waals surface area contributed by atoms with E-state index in [4.69, 9.17) is 5.26 Å². The van der Waals surface area contributed by atoms with E-state index in [9.17, 15) is 0 Å². The average molecular weight is 165 g/mol. The second kappa shape index (κ2) is 10.2. The van der Waals surface area contributed by atoms with Crippen LogP contribution in [0.1, 0.15) is 51.9 Å². The van der Waals surface area contributed by atoms with Crippen LogP contribution in [0.3, 0.4) is 0 Å². The van der Waals surface area contributed by atoms with E-state index >= 15 is 0 Å². The molecule has 0 aromatic rings. The van der Waals surface area contributed by atoms with E-state index in [1.807, 2.05) is 0 Å². The van der Waals surface area contributed by atoms with E-state index in [1.165, 1.54) is 25.7 Å². The zero-order valence-corrected chi connectivity index (χ0v) is 8.05. The lowest BCUT2D eigenvalue weighted by molar-refractivity contribution is 0.727. The highest BCUT2D eigenvalue weighted by atomic mass is 14.2. The minimum Gasteiger partial charge on any atom is -0.198 e. The molecule has 0 aliphatic rings. The van der Waals surface area contributed by atoms with E-state index in [0.29, 0.717) is 6.42 Å². The van der Waals surface area contributed by atoms with Gasteiger partial charge in [-0.25, -0.2) is 0 Å². The van der Waals surface area contributed by atoms with Gasteiger partial charge in [-0.05, 0) is 25.7 Å². The molecule has 0 aromatic carbocycles. The Bertz CT molecular complexity index is 142. The molecule has 12 heavy (non-hydrogen) atoms. The molecule has 0 saturated heterocycles. The van der Waals surface area contributed by atoms with Gasteiger partial charge in [-0.3, -0.25) is 0 Å². The molecule has 0 radical (unpaired) electrons. The van der Waals surface area contributed by atoms with Crippen molar-refractivity contribution in [2.75, 3.05) is 0 Å². The number of rotatable bonds is 7. The first-order valence-corrected chi connectivity index (χ1v) is 4.93. The van der Waals surface area contributed by atoms with E-state index < -0.39 is 0 Å². The molecule has 0 atom stereocenters. The number of allylic oxidation sites excluding steroid dienone is 2. The molecule has 0 saturated carbocycles. The molecule has 0 rings (SSSR count). The molecule has 0 aliphatic carbocycles. The largest absolute Gasteiger partial charge is 0.198 e. The van der Waals surface area contributed by atoms with Gasteiger partial charge in [0.25, 0.3) is 0 Å². The number of unbranched alkanes of at least 4 members (excludes halogenated alkanes) is 5. The van der Waals surface area contributed by atoms with E-state index in [-0.39, 0.29) is 0 Å². The monoisotopic (exact) mass is 165 g/mol. The lowest BCUT2D eigenvalue weighted by Gasteiger charge is -1.91. The summed E-state index contributed by atoms with van der Waals surface area (Å²) in [4.78, 5) is 0. The Kier molecular flexibility index (Phi) is 9.57. The molecule has 0 aliphatic heterocycles. The normalized spacial score (nSPS) is 10.3. The smallest absolute Gasteiger partial charge is 0.0621 e. The summed E-state index contributed by atoms with van der Waals surface area (Å²) in [5.41, 5.74) is 0. The van der Waals surface area contributed by atoms with Crippen molar-refractivity contribution < 1.29 is 0 Å². The predicted octanol–water partition coefficient (Wildman–Crippen LogP) is 3.82. The third-order valence-electron chi connectivity index (χ3n) is 1.80. The molecule has 0 fully saturated rings. The SMILES string of the molecule is CCCCC/C=C\CCCC#N. The fourth-order valence-corrected chi connectivity index (χ4v) is 1.05. The number of hydrogen-bond acceptors (Lipinski definition) is 1. The van der Waals surface area contributed by atoms with Crippen LogP contribution in [-0.2, 0) is 0 Å². The highest BCUT2D eigenvalue weighted by Gasteiger charge is 1.83. The Labute approximate surface area is 76.1 Å². The standard InChI is InChI=1S/C11H19N/c1-2-3-4-5-6-7-8-9-10-11-12/h6-7H,2-5,8-10H2,1H3/b7-6-. The van der Waals surface area contributed by atoms with Gasteiger partial charge in [-0.1, -0.05) is 31.9 Å². The molecule has 0 unspecified atom stereocenters. The van der Waals surface area contributed by atoms with Crippen LogP contribution in [0.15, 0.2) is 12.2 Å². The van der Waals surface area contributed by atoms with Gasteiger partial charge in [0.05, 0.1) is 6.07 Å². The molecule has 68 valence electrons. The third-order valence-corrected chi connectivity index (χ3v) is 1.80. The van der Waals surface area contributed by atoms with Crippen molar-refractivity contribution in [2.45, 2.75) is 51.9 Å². The minimum absolute atomic E-state index is 0.694. The predicted molar refractivity (Wildman–Crippen MR) is 52.7 cm³/mol. The fraction of sp³-hybridized carbons (Fsp3) is 0.727. The summed E-state index contributed by atoms with van der Waals surface area (Å²) in [6.45, 7) is 2.22. The molecule has 1 nitrogen and oxygen atoms in total. The van der Waals surface area contributed by atoms with Gasteiger partial charge in [-0.2, -0.15) is 5.26 Å². The van der Waals surface area contributed by atoms with Gasteiger partial charge in [0.1, 0.15) is 0 Å². The molecule has 0 spiro atoms. The van der Waals surface area contributed by atoms with Gasteiger partial charge in [0, 0.05) is 6.42 Å². The van der Waals surface area contributed by atoms with E-state index in [0.717, 1.165) is 12.8 Å². The summed E-state index contributed by atoms with van der Waals surface area (Å²) in [5.74, 6) is 0. The van der Waals surface area contributed by atoms with Gasteiger partial charge >= 0.3 is 0 Å². The second-order valence-corrected chi connectivity index (χ2v) is 3.02. The van der Waals surface area contributed by atoms with Crippen LogP contribution in [0.4, 0.5) is 0 Å². The highest BCUT2D eigenvalue weighted by Crippen LogP contribution is 2.01. The molecular formula is C11H19N. The second-order valence-electron chi connectivity index (χ2n) is 3.02. The van der Waals surface area contributed by atoms with Gasteiger partial charge in [-0.15, -0.1) is 0 Å². The topological polar surface area (TPSA) is 23.8 Å².